The Morgan fingerprint density at radius 1 is 0.578 bits per heavy atom. The third-order valence-corrected chi connectivity index (χ3v) is 17.5. The molecule has 0 radical (unpaired) electrons. The van der Waals surface area contributed by atoms with Crippen LogP contribution in [-0.4, -0.2) is 190 Å². The van der Waals surface area contributed by atoms with Gasteiger partial charge in [-0.25, -0.2) is 4.79 Å². The first-order chi connectivity index (χ1) is 39.0. The van der Waals surface area contributed by atoms with Crippen LogP contribution in [0.1, 0.15) is 44.7 Å². The number of aromatic nitrogens is 1. The second-order valence-electron chi connectivity index (χ2n) is 19.8. The molecule has 0 spiro atoms. The van der Waals surface area contributed by atoms with Crippen LogP contribution in [0.5, 0.6) is 11.8 Å². The molecule has 30 heteroatoms. The first-order valence-corrected chi connectivity index (χ1v) is 31.4. The van der Waals surface area contributed by atoms with Crippen molar-refractivity contribution >= 4 is 85.1 Å². The second kappa shape index (κ2) is 26.5. The molecule has 2 aliphatic heterocycles. The minimum atomic E-state index is -5.09. The standard InChI is InChI=1S/C53H65N3O23S4/c1-52(2)45(54(18-22-76-27-25-74-19-15-49(59)79-56-47(57)13-14-48(56)58)41-11-9-37-39(50(41)52)31-35(80(60,61)62)33-43(37)82(66,67)68)7-6-8-46-53(3,16-20-75-26-28-78-30-29-77-24-23-73-5)51-40-32-36(81(63,64)65)34-44(83(69,70)71)38(40)10-12-42(51)55(46)17-21-72-4/h6-14,31-34H,15-30H2,1-5H3,(H5-,57,58,60,61,62,63,64,65,66,67,68,69,70,71)/p+1. The third-order valence-electron chi connectivity index (χ3n) is 14.0. The predicted octanol–water partition coefficient (Wildman–Crippen LogP) is 4.60. The van der Waals surface area contributed by atoms with Gasteiger partial charge in [0.2, 0.25) is 17.4 Å². The fraction of sp³-hybridized carbons (Fsp3) is 0.434. The number of allylic oxidation sites excluding steroid dienone is 4. The average molecular weight is 1240 g/mol. The molecule has 26 nitrogen and oxygen atoms in total. The third kappa shape index (κ3) is 14.8. The number of hydrogen-bond acceptors (Lipinski definition) is 20. The highest BCUT2D eigenvalue weighted by Crippen LogP contribution is 2.54. The number of anilines is 1. The van der Waals surface area contributed by atoms with E-state index in [1.54, 1.807) is 51.3 Å². The van der Waals surface area contributed by atoms with Crippen molar-refractivity contribution in [3.05, 3.63) is 95.7 Å². The molecule has 0 bridgehead atoms. The maximum Gasteiger partial charge on any atom is 0.335 e. The Hall–Kier alpha value is -5.94. The van der Waals surface area contributed by atoms with Crippen molar-refractivity contribution in [2.45, 2.75) is 64.0 Å². The second-order valence-corrected chi connectivity index (χ2v) is 25.4. The van der Waals surface area contributed by atoms with Crippen LogP contribution in [0.3, 0.4) is 0 Å². The van der Waals surface area contributed by atoms with Crippen LogP contribution in [0.2, 0.25) is 0 Å². The van der Waals surface area contributed by atoms with Crippen LogP contribution >= 0.6 is 0 Å². The molecule has 0 saturated carbocycles. The monoisotopic (exact) mass is 1240 g/mol. The maximum atomic E-state index is 12.9. The van der Waals surface area contributed by atoms with Gasteiger partial charge in [0, 0.05) is 84.8 Å². The van der Waals surface area contributed by atoms with Crippen molar-refractivity contribution in [3.8, 4) is 11.8 Å². The molecule has 4 aromatic carbocycles. The van der Waals surface area contributed by atoms with Crippen molar-refractivity contribution in [3.63, 3.8) is 0 Å². The van der Waals surface area contributed by atoms with Crippen LogP contribution in [0.25, 0.3) is 21.5 Å². The Morgan fingerprint density at radius 2 is 1.07 bits per heavy atom. The highest BCUT2D eigenvalue weighted by Gasteiger charge is 2.48. The van der Waals surface area contributed by atoms with Gasteiger partial charge in [-0.1, -0.05) is 12.1 Å². The smallest absolute Gasteiger partial charge is 0.335 e. The van der Waals surface area contributed by atoms with Crippen molar-refractivity contribution in [1.82, 2.24) is 4.73 Å². The summed E-state index contributed by atoms with van der Waals surface area (Å²) in [5.41, 5.74) is 0.603. The molecule has 1 atom stereocenters. The summed E-state index contributed by atoms with van der Waals surface area (Å²) in [6.07, 6.45) is 5.21. The van der Waals surface area contributed by atoms with Gasteiger partial charge in [-0.05, 0) is 86.0 Å². The first kappa shape index (κ1) is 64.6. The minimum absolute atomic E-state index is 0.0229. The average Bonchev–Trinajstić information content (AvgIpc) is 3.81. The van der Waals surface area contributed by atoms with Crippen molar-refractivity contribution < 1.29 is 109 Å². The number of methoxy groups -OCH3 is 2. The van der Waals surface area contributed by atoms with E-state index in [0.29, 0.717) is 70.6 Å². The molecule has 3 heterocycles. The Kier molecular flexibility index (Phi) is 20.7. The predicted molar refractivity (Wildman–Crippen MR) is 298 cm³/mol. The van der Waals surface area contributed by atoms with Gasteiger partial charge in [-0.15, -0.1) is 4.73 Å². The van der Waals surface area contributed by atoms with E-state index in [1.165, 1.54) is 19.2 Å². The van der Waals surface area contributed by atoms with Crippen LogP contribution < -0.4 is 9.74 Å². The zero-order chi connectivity index (χ0) is 60.7. The first-order valence-electron chi connectivity index (χ1n) is 25.7. The molecule has 0 aliphatic carbocycles. The zero-order valence-electron chi connectivity index (χ0n) is 45.9. The van der Waals surface area contributed by atoms with Crippen molar-refractivity contribution in [2.24, 2.45) is 0 Å². The van der Waals surface area contributed by atoms with Crippen LogP contribution in [0.15, 0.2) is 104 Å². The lowest BCUT2D eigenvalue weighted by Gasteiger charge is -2.31. The molecule has 2 aliphatic rings. The Labute approximate surface area is 480 Å². The van der Waals surface area contributed by atoms with Gasteiger partial charge in [0.1, 0.15) is 16.4 Å². The van der Waals surface area contributed by atoms with Crippen molar-refractivity contribution in [1.29, 1.82) is 0 Å². The molecule has 1 aromatic heterocycles. The molecule has 1 unspecified atom stereocenters. The summed E-state index contributed by atoms with van der Waals surface area (Å²) < 4.78 is 185. The lowest BCUT2D eigenvalue weighted by molar-refractivity contribution is -0.442. The van der Waals surface area contributed by atoms with E-state index in [4.69, 9.17) is 38.0 Å². The summed E-state index contributed by atoms with van der Waals surface area (Å²) in [4.78, 5) is 16.0. The number of carbonyl (C=O) groups excluding carboxylic acids is 1. The summed E-state index contributed by atoms with van der Waals surface area (Å²) >= 11 is 0. The summed E-state index contributed by atoms with van der Waals surface area (Å²) in [6.45, 7) is 7.75. The number of aromatic hydroxyl groups is 2. The highest BCUT2D eigenvalue weighted by atomic mass is 32.2. The van der Waals surface area contributed by atoms with Crippen LogP contribution in [0, 0.1) is 0 Å². The summed E-state index contributed by atoms with van der Waals surface area (Å²) in [7, 11) is -17.2. The van der Waals surface area contributed by atoms with E-state index in [9.17, 15) is 66.9 Å². The summed E-state index contributed by atoms with van der Waals surface area (Å²) in [5, 5.41) is 19.6. The summed E-state index contributed by atoms with van der Waals surface area (Å²) in [6, 6.07) is 11.9. The number of fused-ring (bicyclic) bond motifs is 6. The fourth-order valence-electron chi connectivity index (χ4n) is 10.2. The number of rotatable bonds is 31. The number of ether oxygens (including phenoxy) is 7. The van der Waals surface area contributed by atoms with E-state index in [2.05, 4.69) is 0 Å². The number of nitrogens with zero attached hydrogens (tertiary/aromatic N) is 3. The van der Waals surface area contributed by atoms with Gasteiger partial charge in [0.25, 0.3) is 40.5 Å². The highest BCUT2D eigenvalue weighted by molar-refractivity contribution is 7.87. The lowest BCUT2D eigenvalue weighted by atomic mass is 9.76. The minimum Gasteiger partial charge on any atom is -0.492 e. The van der Waals surface area contributed by atoms with Crippen LogP contribution in [0.4, 0.5) is 11.4 Å². The SMILES string of the molecule is COCCOCCOCCOCCC1(C)C(=CC=CC2=[N+](CCOCCOCCC(=O)On3c(O)ccc3O)c3ccc4c(S(=O)(=O)O)cc(S(=O)(=O)O)cc4c3C2(C)C)N(CCOC)c2ccc3c(S(=O)(=O)O)cc(S(=O)(=O)O)cc3c21. The quantitative estimate of drug-likeness (QED) is 0.0201. The molecular weight excluding hydrogens is 1170 g/mol. The molecule has 0 amide bonds. The maximum absolute atomic E-state index is 12.9. The molecule has 0 fully saturated rings. The Morgan fingerprint density at radius 3 is 1.60 bits per heavy atom. The largest absolute Gasteiger partial charge is 0.492 e. The Balaban J connectivity index is 1.28. The van der Waals surface area contributed by atoms with Gasteiger partial charge in [0.05, 0.1) is 87.7 Å². The van der Waals surface area contributed by atoms with Gasteiger partial charge in [-0.2, -0.15) is 38.2 Å². The Bertz CT molecular complexity index is 3780. The number of carbonyl (C=O) groups is 1. The van der Waals surface area contributed by atoms with E-state index < -0.39 is 88.6 Å². The molecule has 6 N–H and O–H groups in total. The topological polar surface area (TPSA) is 360 Å². The van der Waals surface area contributed by atoms with Gasteiger partial charge in [-0.3, -0.25) is 18.2 Å². The van der Waals surface area contributed by atoms with E-state index in [0.717, 1.165) is 24.3 Å². The van der Waals surface area contributed by atoms with E-state index in [-0.39, 0.29) is 107 Å². The fourth-order valence-corrected chi connectivity index (χ4v) is 12.9. The number of hydrogen-bond donors (Lipinski definition) is 6. The van der Waals surface area contributed by atoms with E-state index >= 15 is 0 Å². The normalized spacial score (nSPS) is 17.0. The zero-order valence-corrected chi connectivity index (χ0v) is 49.2. The van der Waals surface area contributed by atoms with Gasteiger partial charge < -0.3 is 53.1 Å². The van der Waals surface area contributed by atoms with Crippen molar-refractivity contribution in [2.75, 3.05) is 111 Å². The molecule has 83 heavy (non-hydrogen) atoms. The lowest BCUT2D eigenvalue weighted by Crippen LogP contribution is -2.32. The van der Waals surface area contributed by atoms with Gasteiger partial charge >= 0.3 is 5.97 Å². The number of benzene rings is 4. The molecule has 0 saturated heterocycles. The molecule has 5 aromatic rings. The molecule has 7 rings (SSSR count). The molecule has 454 valence electrons. The molecular formula is C53H66N3O23S4+. The van der Waals surface area contributed by atoms with Crippen LogP contribution in [-0.2, 0) is 89.3 Å². The van der Waals surface area contributed by atoms with E-state index in [1.807, 2.05) is 16.4 Å². The van der Waals surface area contributed by atoms with Gasteiger partial charge in [0.15, 0.2) is 12.3 Å². The summed E-state index contributed by atoms with van der Waals surface area (Å²) in [5.74, 6) is -1.78.